The Balaban J connectivity index is 3.29. The normalized spacial score (nSPS) is 11.0. The molecule has 0 bridgehead atoms. The van der Waals surface area contributed by atoms with Gasteiger partial charge in [0.2, 0.25) is 6.29 Å². The second-order valence-corrected chi connectivity index (χ2v) is 4.59. The Labute approximate surface area is 95.4 Å². The van der Waals surface area contributed by atoms with Crippen molar-refractivity contribution in [1.29, 1.82) is 0 Å². The molecule has 0 atom stereocenters. The number of methoxy groups -OCH3 is 1. The van der Waals surface area contributed by atoms with Crippen LogP contribution in [-0.2, 0) is 4.79 Å². The average Bonchev–Trinajstić information content (AvgIpc) is 2.25. The summed E-state index contributed by atoms with van der Waals surface area (Å²) in [4.78, 5) is 22.8. The molecule has 0 N–H and O–H groups in total. The lowest BCUT2D eigenvalue weighted by molar-refractivity contribution is 0.0857. The van der Waals surface area contributed by atoms with Gasteiger partial charge in [-0.15, -0.1) is 0 Å². The predicted octanol–water partition coefficient (Wildman–Crippen LogP) is 2.38. The smallest absolute Gasteiger partial charge is 0.234 e. The standard InChI is InChI=1S/C13H15O3/c1-13(2,3)12(15)11-7-10(16-4)6-5-9(11)8-14/h5-7H,1-4H3. The molecule has 0 aliphatic carbocycles. The van der Waals surface area contributed by atoms with Gasteiger partial charge in [-0.25, -0.2) is 0 Å². The van der Waals surface area contributed by atoms with Crippen molar-refractivity contribution >= 4 is 12.1 Å². The molecule has 1 radical (unpaired) electrons. The van der Waals surface area contributed by atoms with Crippen molar-refractivity contribution in [2.75, 3.05) is 7.11 Å². The molecule has 0 spiro atoms. The van der Waals surface area contributed by atoms with Gasteiger partial charge in [-0.3, -0.25) is 9.59 Å². The Kier molecular flexibility index (Phi) is 3.48. The third-order valence-electron chi connectivity index (χ3n) is 2.26. The van der Waals surface area contributed by atoms with E-state index >= 15 is 0 Å². The Bertz CT molecular complexity index is 414. The van der Waals surface area contributed by atoms with Gasteiger partial charge < -0.3 is 4.74 Å². The maximum atomic E-state index is 12.1. The number of ether oxygens (including phenoxy) is 1. The third kappa shape index (κ3) is 2.48. The number of hydrogen-bond donors (Lipinski definition) is 0. The molecule has 0 fully saturated rings. The molecule has 0 aliphatic rings. The van der Waals surface area contributed by atoms with Gasteiger partial charge in [-0.05, 0) is 18.2 Å². The number of benzene rings is 1. The second-order valence-electron chi connectivity index (χ2n) is 4.59. The molecule has 0 aromatic heterocycles. The predicted molar refractivity (Wildman–Crippen MR) is 61.6 cm³/mol. The lowest BCUT2D eigenvalue weighted by atomic mass is 9.85. The zero-order chi connectivity index (χ0) is 12.3. The molecule has 16 heavy (non-hydrogen) atoms. The van der Waals surface area contributed by atoms with Crippen molar-refractivity contribution in [3.63, 3.8) is 0 Å². The van der Waals surface area contributed by atoms with Gasteiger partial charge in [0, 0.05) is 16.5 Å². The number of Topliss-reactive ketones (excluding diaryl/α,β-unsaturated/α-hetero) is 1. The van der Waals surface area contributed by atoms with Crippen LogP contribution in [0.4, 0.5) is 0 Å². The first-order valence-corrected chi connectivity index (χ1v) is 5.01. The number of ketones is 1. The third-order valence-corrected chi connectivity index (χ3v) is 2.26. The molecule has 0 heterocycles. The Hall–Kier alpha value is -1.64. The number of rotatable bonds is 3. The minimum atomic E-state index is -0.530. The molecule has 1 aromatic carbocycles. The van der Waals surface area contributed by atoms with Crippen LogP contribution in [0.2, 0.25) is 0 Å². The molecule has 0 saturated carbocycles. The summed E-state index contributed by atoms with van der Waals surface area (Å²) in [5.41, 5.74) is 0.111. The van der Waals surface area contributed by atoms with Crippen LogP contribution < -0.4 is 4.74 Å². The van der Waals surface area contributed by atoms with Crippen molar-refractivity contribution in [3.8, 4) is 5.75 Å². The fourth-order valence-corrected chi connectivity index (χ4v) is 1.33. The quantitative estimate of drug-likeness (QED) is 0.733. The molecule has 0 saturated heterocycles. The van der Waals surface area contributed by atoms with Crippen LogP contribution in [0.3, 0.4) is 0 Å². The van der Waals surface area contributed by atoms with E-state index in [2.05, 4.69) is 0 Å². The molecule has 85 valence electrons. The fourth-order valence-electron chi connectivity index (χ4n) is 1.33. The summed E-state index contributed by atoms with van der Waals surface area (Å²) in [5.74, 6) is 0.469. The number of carbonyl (C=O) groups is 1. The van der Waals surface area contributed by atoms with E-state index in [1.807, 2.05) is 20.8 Å². The summed E-state index contributed by atoms with van der Waals surface area (Å²) in [6, 6.07) is 4.76. The van der Waals surface area contributed by atoms with E-state index in [1.165, 1.54) is 7.11 Å². The summed E-state index contributed by atoms with van der Waals surface area (Å²) in [6.07, 6.45) is 1.77. The maximum absolute atomic E-state index is 12.1. The topological polar surface area (TPSA) is 43.4 Å². The number of hydrogen-bond acceptors (Lipinski definition) is 3. The van der Waals surface area contributed by atoms with Crippen LogP contribution in [0.15, 0.2) is 18.2 Å². The molecule has 0 aliphatic heterocycles. The highest BCUT2D eigenvalue weighted by Gasteiger charge is 2.25. The first kappa shape index (κ1) is 12.4. The highest BCUT2D eigenvalue weighted by atomic mass is 16.5. The molecular formula is C13H15O3. The van der Waals surface area contributed by atoms with Crippen molar-refractivity contribution < 1.29 is 14.3 Å². The largest absolute Gasteiger partial charge is 0.497 e. The summed E-state index contributed by atoms with van der Waals surface area (Å²) in [5, 5.41) is 0. The Morgan fingerprint density at radius 3 is 2.38 bits per heavy atom. The highest BCUT2D eigenvalue weighted by Crippen LogP contribution is 2.25. The van der Waals surface area contributed by atoms with Crippen molar-refractivity contribution in [2.24, 2.45) is 5.41 Å². The summed E-state index contributed by atoms with van der Waals surface area (Å²) in [6.45, 7) is 5.43. The van der Waals surface area contributed by atoms with E-state index in [9.17, 15) is 9.59 Å². The van der Waals surface area contributed by atoms with Gasteiger partial charge >= 0.3 is 0 Å². The van der Waals surface area contributed by atoms with Crippen LogP contribution in [0.1, 0.15) is 36.7 Å². The highest BCUT2D eigenvalue weighted by molar-refractivity contribution is 6.05. The monoisotopic (exact) mass is 219 g/mol. The van der Waals surface area contributed by atoms with Gasteiger partial charge in [0.15, 0.2) is 5.78 Å². The Morgan fingerprint density at radius 2 is 1.94 bits per heavy atom. The van der Waals surface area contributed by atoms with E-state index in [0.717, 1.165) is 0 Å². The summed E-state index contributed by atoms with van der Waals surface area (Å²) < 4.78 is 5.04. The maximum Gasteiger partial charge on any atom is 0.234 e. The lowest BCUT2D eigenvalue weighted by Crippen LogP contribution is -2.21. The molecule has 3 heteroatoms. The lowest BCUT2D eigenvalue weighted by Gasteiger charge is -2.18. The van der Waals surface area contributed by atoms with Gasteiger partial charge in [0.1, 0.15) is 5.75 Å². The van der Waals surface area contributed by atoms with Gasteiger partial charge in [-0.2, -0.15) is 0 Å². The van der Waals surface area contributed by atoms with Crippen molar-refractivity contribution in [2.45, 2.75) is 20.8 Å². The van der Waals surface area contributed by atoms with Gasteiger partial charge in [0.05, 0.1) is 7.11 Å². The molecule has 1 rings (SSSR count). The zero-order valence-corrected chi connectivity index (χ0v) is 9.96. The van der Waals surface area contributed by atoms with Crippen LogP contribution in [0.5, 0.6) is 5.75 Å². The second kappa shape index (κ2) is 4.47. The van der Waals surface area contributed by atoms with Crippen molar-refractivity contribution in [3.05, 3.63) is 29.3 Å². The molecule has 0 amide bonds. The van der Waals surface area contributed by atoms with Gasteiger partial charge in [-0.1, -0.05) is 20.8 Å². The van der Waals surface area contributed by atoms with E-state index in [0.29, 0.717) is 11.3 Å². The molecule has 1 aromatic rings. The van der Waals surface area contributed by atoms with Crippen LogP contribution >= 0.6 is 0 Å². The van der Waals surface area contributed by atoms with E-state index in [1.54, 1.807) is 24.5 Å². The van der Waals surface area contributed by atoms with E-state index < -0.39 is 5.41 Å². The van der Waals surface area contributed by atoms with E-state index in [4.69, 9.17) is 4.74 Å². The molecule has 0 unspecified atom stereocenters. The summed E-state index contributed by atoms with van der Waals surface area (Å²) in [7, 11) is 1.52. The zero-order valence-electron chi connectivity index (χ0n) is 9.96. The molecular weight excluding hydrogens is 204 g/mol. The van der Waals surface area contributed by atoms with Crippen LogP contribution in [0.25, 0.3) is 0 Å². The van der Waals surface area contributed by atoms with Gasteiger partial charge in [0.25, 0.3) is 0 Å². The fraction of sp³-hybridized carbons (Fsp3) is 0.385. The van der Waals surface area contributed by atoms with Crippen molar-refractivity contribution in [1.82, 2.24) is 0 Å². The average molecular weight is 219 g/mol. The molecule has 3 nitrogen and oxygen atoms in total. The van der Waals surface area contributed by atoms with Crippen LogP contribution in [-0.4, -0.2) is 19.2 Å². The minimum absolute atomic E-state index is 0.0928. The van der Waals surface area contributed by atoms with E-state index in [-0.39, 0.29) is 11.3 Å². The Morgan fingerprint density at radius 1 is 1.31 bits per heavy atom. The first-order valence-electron chi connectivity index (χ1n) is 5.01. The van der Waals surface area contributed by atoms with Crippen LogP contribution in [0, 0.1) is 5.41 Å². The summed E-state index contributed by atoms with van der Waals surface area (Å²) >= 11 is 0. The first-order chi connectivity index (χ1) is 7.40. The minimum Gasteiger partial charge on any atom is -0.497 e. The SMILES string of the molecule is COc1ccc([C]=O)c(C(=O)C(C)(C)C)c1. The number of carbonyl (C=O) groups excluding carboxylic acids is 2.